The number of esters is 1. The van der Waals surface area contributed by atoms with Crippen LogP contribution in [0.25, 0.3) is 0 Å². The van der Waals surface area contributed by atoms with E-state index in [1.807, 2.05) is 0 Å². The number of ether oxygens (including phenoxy) is 1. The van der Waals surface area contributed by atoms with E-state index in [4.69, 9.17) is 4.74 Å². The largest absolute Gasteiger partial charge is 0.456 e. The lowest BCUT2D eigenvalue weighted by molar-refractivity contribution is -0.146. The Bertz CT molecular complexity index is 946. The molecule has 0 aliphatic carbocycles. The summed E-state index contributed by atoms with van der Waals surface area (Å²) < 4.78 is 42.8. The summed E-state index contributed by atoms with van der Waals surface area (Å²) >= 11 is 1.38. The lowest BCUT2D eigenvalue weighted by Crippen LogP contribution is -2.22. The smallest absolute Gasteiger partial charge is 0.307 e. The van der Waals surface area contributed by atoms with Crippen molar-refractivity contribution in [1.29, 1.82) is 0 Å². The van der Waals surface area contributed by atoms with Crippen molar-refractivity contribution in [2.24, 2.45) is 0 Å². The van der Waals surface area contributed by atoms with Crippen molar-refractivity contribution >= 4 is 39.3 Å². The van der Waals surface area contributed by atoms with Crippen LogP contribution in [0.3, 0.4) is 0 Å². The second kappa shape index (κ2) is 10.4. The number of nitrogens with one attached hydrogen (secondary N) is 1. The molecule has 0 aromatic heterocycles. The van der Waals surface area contributed by atoms with Gasteiger partial charge in [0.1, 0.15) is 5.82 Å². The molecule has 7 nitrogen and oxygen atoms in total. The highest BCUT2D eigenvalue weighted by Gasteiger charge is 2.17. The molecule has 1 amide bonds. The van der Waals surface area contributed by atoms with Crippen molar-refractivity contribution in [1.82, 2.24) is 4.31 Å². The standard InChI is InChI=1S/C19H21FN2O5S2/c1-22(2)29(25,26)17-9-5-15(6-10-17)21-18(23)13-27-19(24)11-12-28-16-7-3-14(20)4-8-16/h3-10H,11-13H2,1-2H3,(H,21,23). The fourth-order valence-electron chi connectivity index (χ4n) is 2.12. The maximum absolute atomic E-state index is 12.8. The zero-order valence-electron chi connectivity index (χ0n) is 15.9. The van der Waals surface area contributed by atoms with Crippen molar-refractivity contribution in [2.45, 2.75) is 16.2 Å². The van der Waals surface area contributed by atoms with Crippen LogP contribution in [0.15, 0.2) is 58.3 Å². The number of hydrogen-bond donors (Lipinski definition) is 1. The number of rotatable bonds is 9. The molecule has 0 unspecified atom stereocenters. The third-order valence-corrected chi connectivity index (χ3v) is 6.51. The van der Waals surface area contributed by atoms with E-state index in [2.05, 4.69) is 5.32 Å². The number of sulfonamides is 1. The monoisotopic (exact) mass is 440 g/mol. The van der Waals surface area contributed by atoms with Gasteiger partial charge in [0.2, 0.25) is 10.0 Å². The van der Waals surface area contributed by atoms with E-state index in [1.54, 1.807) is 12.1 Å². The molecule has 1 N–H and O–H groups in total. The second-order valence-corrected chi connectivity index (χ2v) is 9.39. The summed E-state index contributed by atoms with van der Waals surface area (Å²) in [4.78, 5) is 24.5. The highest BCUT2D eigenvalue weighted by atomic mass is 32.2. The van der Waals surface area contributed by atoms with Crippen molar-refractivity contribution in [2.75, 3.05) is 31.8 Å². The zero-order valence-corrected chi connectivity index (χ0v) is 17.6. The molecule has 0 fully saturated rings. The van der Waals surface area contributed by atoms with Crippen molar-refractivity contribution in [3.05, 3.63) is 54.3 Å². The highest BCUT2D eigenvalue weighted by Crippen LogP contribution is 2.19. The van der Waals surface area contributed by atoms with Gasteiger partial charge >= 0.3 is 5.97 Å². The van der Waals surface area contributed by atoms with Gasteiger partial charge in [-0.2, -0.15) is 0 Å². The minimum atomic E-state index is -3.54. The molecule has 2 aromatic carbocycles. The Morgan fingerprint density at radius 3 is 2.28 bits per heavy atom. The van der Waals surface area contributed by atoms with Gasteiger partial charge in [-0.15, -0.1) is 11.8 Å². The summed E-state index contributed by atoms with van der Waals surface area (Å²) in [6, 6.07) is 11.6. The predicted octanol–water partition coefficient (Wildman–Crippen LogP) is 2.74. The maximum atomic E-state index is 12.8. The molecule has 2 aromatic rings. The Balaban J connectivity index is 1.73. The quantitative estimate of drug-likeness (QED) is 0.476. The Hall–Kier alpha value is -2.43. The number of amides is 1. The van der Waals surface area contributed by atoms with E-state index >= 15 is 0 Å². The van der Waals surface area contributed by atoms with Crippen LogP contribution in [0, 0.1) is 5.82 Å². The van der Waals surface area contributed by atoms with Crippen LogP contribution in [0.1, 0.15) is 6.42 Å². The Kier molecular flexibility index (Phi) is 8.18. The average Bonchev–Trinajstić information content (AvgIpc) is 2.68. The molecule has 0 spiro atoms. The van der Waals surface area contributed by atoms with Gasteiger partial charge in [0, 0.05) is 30.4 Å². The van der Waals surface area contributed by atoms with Crippen LogP contribution in [0.2, 0.25) is 0 Å². The van der Waals surface area contributed by atoms with Gasteiger partial charge in [-0.1, -0.05) is 0 Å². The topological polar surface area (TPSA) is 92.8 Å². The molecule has 0 bridgehead atoms. The average molecular weight is 441 g/mol. The van der Waals surface area contributed by atoms with Gasteiger partial charge in [-0.05, 0) is 48.5 Å². The molecule has 0 heterocycles. The number of nitrogens with zero attached hydrogens (tertiary/aromatic N) is 1. The molecule has 0 atom stereocenters. The summed E-state index contributed by atoms with van der Waals surface area (Å²) in [6.45, 7) is -0.447. The van der Waals surface area contributed by atoms with Crippen molar-refractivity contribution in [3.63, 3.8) is 0 Å². The lowest BCUT2D eigenvalue weighted by atomic mass is 10.3. The second-order valence-electron chi connectivity index (χ2n) is 6.07. The van der Waals surface area contributed by atoms with E-state index in [0.717, 1.165) is 9.20 Å². The Morgan fingerprint density at radius 1 is 1.07 bits per heavy atom. The summed E-state index contributed by atoms with van der Waals surface area (Å²) in [5, 5.41) is 2.53. The molecule has 0 radical (unpaired) electrons. The molecule has 2 rings (SSSR count). The molecular formula is C19H21FN2O5S2. The van der Waals surface area contributed by atoms with Crippen LogP contribution in [-0.4, -0.2) is 51.1 Å². The van der Waals surface area contributed by atoms with E-state index in [0.29, 0.717) is 11.4 Å². The zero-order chi connectivity index (χ0) is 21.4. The predicted molar refractivity (Wildman–Crippen MR) is 109 cm³/mol. The first-order valence-corrected chi connectivity index (χ1v) is 11.0. The van der Waals surface area contributed by atoms with Crippen LogP contribution in [-0.2, 0) is 24.3 Å². The van der Waals surface area contributed by atoms with E-state index in [-0.39, 0.29) is 17.1 Å². The number of halogens is 1. The first-order valence-electron chi connectivity index (χ1n) is 8.55. The number of thioether (sulfide) groups is 1. The molecule has 156 valence electrons. The van der Waals surface area contributed by atoms with Gasteiger partial charge in [0.05, 0.1) is 11.3 Å². The SMILES string of the molecule is CN(C)S(=O)(=O)c1ccc(NC(=O)COC(=O)CCSc2ccc(F)cc2)cc1. The lowest BCUT2D eigenvalue weighted by Gasteiger charge is -2.12. The molecule has 10 heteroatoms. The van der Waals surface area contributed by atoms with Crippen LogP contribution >= 0.6 is 11.8 Å². The third kappa shape index (κ3) is 7.15. The van der Waals surface area contributed by atoms with Gasteiger partial charge in [0.15, 0.2) is 6.61 Å². The van der Waals surface area contributed by atoms with E-state index in [9.17, 15) is 22.4 Å². The fourth-order valence-corrected chi connectivity index (χ4v) is 3.85. The minimum Gasteiger partial charge on any atom is -0.456 e. The molecule has 29 heavy (non-hydrogen) atoms. The number of anilines is 1. The third-order valence-electron chi connectivity index (χ3n) is 3.67. The van der Waals surface area contributed by atoms with Gasteiger partial charge in [-0.3, -0.25) is 9.59 Å². The van der Waals surface area contributed by atoms with Crippen LogP contribution in [0.4, 0.5) is 10.1 Å². The summed E-state index contributed by atoms with van der Waals surface area (Å²) in [5.74, 6) is -0.947. The maximum Gasteiger partial charge on any atom is 0.307 e. The normalized spacial score (nSPS) is 11.3. The molecule has 0 aliphatic heterocycles. The van der Waals surface area contributed by atoms with Gasteiger partial charge in [0.25, 0.3) is 5.91 Å². The molecule has 0 saturated heterocycles. The Labute approximate surface area is 173 Å². The summed E-state index contributed by atoms with van der Waals surface area (Å²) in [5.41, 5.74) is 0.385. The van der Waals surface area contributed by atoms with Crippen molar-refractivity contribution < 1.29 is 27.1 Å². The van der Waals surface area contributed by atoms with Gasteiger partial charge < -0.3 is 10.1 Å². The van der Waals surface area contributed by atoms with Crippen LogP contribution in [0.5, 0.6) is 0 Å². The van der Waals surface area contributed by atoms with E-state index in [1.165, 1.54) is 62.3 Å². The number of hydrogen-bond acceptors (Lipinski definition) is 6. The number of benzene rings is 2. The molecular weight excluding hydrogens is 419 g/mol. The first-order chi connectivity index (χ1) is 13.7. The minimum absolute atomic E-state index is 0.102. The fraction of sp³-hybridized carbons (Fsp3) is 0.263. The van der Waals surface area contributed by atoms with Gasteiger partial charge in [-0.25, -0.2) is 17.1 Å². The Morgan fingerprint density at radius 2 is 1.69 bits per heavy atom. The van der Waals surface area contributed by atoms with Crippen molar-refractivity contribution in [3.8, 4) is 0 Å². The molecule has 0 aliphatic rings. The first kappa shape index (κ1) is 22.9. The molecule has 0 saturated carbocycles. The van der Waals surface area contributed by atoms with E-state index < -0.39 is 28.5 Å². The number of carbonyl (C=O) groups is 2. The van der Waals surface area contributed by atoms with Crippen LogP contribution < -0.4 is 5.32 Å². The highest BCUT2D eigenvalue weighted by molar-refractivity contribution is 7.99. The summed E-state index contributed by atoms with van der Waals surface area (Å²) in [6.07, 6.45) is 0.104. The summed E-state index contributed by atoms with van der Waals surface area (Å²) in [7, 11) is -0.688. The number of carbonyl (C=O) groups excluding carboxylic acids is 2.